The molecule has 0 aromatic carbocycles. The number of rotatable bonds is 7. The molecule has 2 fully saturated rings. The molecule has 1 aliphatic carbocycles. The fourth-order valence-corrected chi connectivity index (χ4v) is 7.60. The lowest BCUT2D eigenvalue weighted by molar-refractivity contribution is 0.0967. The summed E-state index contributed by atoms with van der Waals surface area (Å²) in [6, 6.07) is 1.40. The first kappa shape index (κ1) is 22.0. The number of nitrogens with one attached hydrogen (secondary N) is 1. The molecule has 3 aromatic rings. The summed E-state index contributed by atoms with van der Waals surface area (Å²) in [7, 11) is -3.79. The Morgan fingerprint density at radius 1 is 1.28 bits per heavy atom. The molecule has 1 aliphatic heterocycles. The normalized spacial score (nSPS) is 20.2. The smallest absolute Gasteiger partial charge is 0.332 e. The Kier molecular flexibility index (Phi) is 5.40. The molecule has 2 aliphatic rings. The quantitative estimate of drug-likeness (QED) is 0.536. The van der Waals surface area contributed by atoms with Gasteiger partial charge in [-0.05, 0) is 45.6 Å². The summed E-state index contributed by atoms with van der Waals surface area (Å²) in [5.41, 5.74) is -1.39. The van der Waals surface area contributed by atoms with Gasteiger partial charge in [0.15, 0.2) is 0 Å². The van der Waals surface area contributed by atoms with Gasteiger partial charge in [0.1, 0.15) is 9.04 Å². The molecule has 1 unspecified atom stereocenters. The molecule has 0 bridgehead atoms. The van der Waals surface area contributed by atoms with E-state index in [0.717, 1.165) is 46.9 Å². The minimum Gasteiger partial charge on any atom is -0.376 e. The number of nitrogens with zero attached hydrogens (tertiary/aromatic N) is 3. The summed E-state index contributed by atoms with van der Waals surface area (Å²) in [6.45, 7) is 4.73. The number of hydrogen-bond acceptors (Lipinski definition) is 8. The van der Waals surface area contributed by atoms with Crippen molar-refractivity contribution in [3.8, 4) is 0 Å². The van der Waals surface area contributed by atoms with E-state index in [2.05, 4.69) is 9.71 Å². The van der Waals surface area contributed by atoms with Crippen molar-refractivity contribution in [1.82, 2.24) is 18.8 Å². The van der Waals surface area contributed by atoms with Crippen LogP contribution in [0.2, 0.25) is 0 Å². The minimum atomic E-state index is -3.79. The Morgan fingerprint density at radius 2 is 2.06 bits per heavy atom. The van der Waals surface area contributed by atoms with E-state index in [1.807, 2.05) is 13.8 Å². The Balaban J connectivity index is 1.65. The van der Waals surface area contributed by atoms with Crippen molar-refractivity contribution in [2.24, 2.45) is 0 Å². The second-order valence-corrected chi connectivity index (χ2v) is 13.0. The van der Waals surface area contributed by atoms with Crippen molar-refractivity contribution in [1.29, 1.82) is 0 Å². The van der Waals surface area contributed by atoms with Crippen LogP contribution in [-0.4, -0.2) is 40.8 Å². The fourth-order valence-electron chi connectivity index (χ4n) is 3.90. The highest BCUT2D eigenvalue weighted by molar-refractivity contribution is 7.91. The summed E-state index contributed by atoms with van der Waals surface area (Å²) < 4.78 is 37.1. The second kappa shape index (κ2) is 7.87. The Bertz CT molecular complexity index is 1410. The molecule has 0 spiro atoms. The molecular weight excluding hydrogens is 472 g/mol. The molecule has 0 radical (unpaired) electrons. The van der Waals surface area contributed by atoms with Crippen LogP contribution >= 0.6 is 22.7 Å². The van der Waals surface area contributed by atoms with Gasteiger partial charge in [-0.25, -0.2) is 22.9 Å². The highest BCUT2D eigenvalue weighted by Gasteiger charge is 2.42. The third kappa shape index (κ3) is 4.10. The van der Waals surface area contributed by atoms with Crippen molar-refractivity contribution >= 4 is 42.9 Å². The van der Waals surface area contributed by atoms with Crippen LogP contribution in [0.5, 0.6) is 0 Å². The van der Waals surface area contributed by atoms with Crippen LogP contribution in [0.1, 0.15) is 42.5 Å². The number of ether oxygens (including phenoxy) is 1. The lowest BCUT2D eigenvalue weighted by atomic mass is 10.2. The van der Waals surface area contributed by atoms with Gasteiger partial charge in [-0.3, -0.25) is 13.9 Å². The molecule has 5 rings (SSSR count). The van der Waals surface area contributed by atoms with Gasteiger partial charge in [0.25, 0.3) is 15.6 Å². The molecule has 1 saturated heterocycles. The van der Waals surface area contributed by atoms with Crippen molar-refractivity contribution < 1.29 is 13.2 Å². The van der Waals surface area contributed by atoms with Gasteiger partial charge < -0.3 is 4.74 Å². The van der Waals surface area contributed by atoms with Gasteiger partial charge in [0, 0.05) is 23.2 Å². The van der Waals surface area contributed by atoms with E-state index in [9.17, 15) is 18.0 Å². The molecule has 172 valence electrons. The summed E-state index contributed by atoms with van der Waals surface area (Å²) in [4.78, 5) is 32.0. The third-order valence-electron chi connectivity index (χ3n) is 5.91. The molecule has 32 heavy (non-hydrogen) atoms. The maximum absolute atomic E-state index is 13.4. The number of thiophene rings is 1. The second-order valence-electron chi connectivity index (χ2n) is 8.72. The average molecular weight is 497 g/mol. The van der Waals surface area contributed by atoms with Crippen LogP contribution in [0.15, 0.2) is 26.1 Å². The highest BCUT2D eigenvalue weighted by Crippen LogP contribution is 2.37. The largest absolute Gasteiger partial charge is 0.376 e. The molecule has 12 heteroatoms. The molecule has 0 amide bonds. The first-order chi connectivity index (χ1) is 15.2. The van der Waals surface area contributed by atoms with Crippen LogP contribution in [0.3, 0.4) is 0 Å². The lowest BCUT2D eigenvalue weighted by Crippen LogP contribution is -2.41. The van der Waals surface area contributed by atoms with Crippen molar-refractivity contribution in [3.63, 3.8) is 0 Å². The van der Waals surface area contributed by atoms with E-state index in [0.29, 0.717) is 11.4 Å². The van der Waals surface area contributed by atoms with Gasteiger partial charge in [-0.1, -0.05) is 0 Å². The van der Waals surface area contributed by atoms with E-state index in [1.54, 1.807) is 6.20 Å². The van der Waals surface area contributed by atoms with Crippen LogP contribution in [0.25, 0.3) is 10.2 Å². The van der Waals surface area contributed by atoms with Gasteiger partial charge in [-0.2, -0.15) is 0 Å². The number of aromatic nitrogens is 3. The molecule has 9 nitrogen and oxygen atoms in total. The van der Waals surface area contributed by atoms with E-state index < -0.39 is 26.8 Å². The zero-order chi connectivity index (χ0) is 22.7. The Morgan fingerprint density at radius 3 is 2.69 bits per heavy atom. The van der Waals surface area contributed by atoms with Crippen LogP contribution in [-0.2, 0) is 27.8 Å². The van der Waals surface area contributed by atoms with E-state index in [4.69, 9.17) is 4.74 Å². The fraction of sp³-hybridized carbons (Fsp3) is 0.550. The Labute approximate surface area is 192 Å². The number of hydrogen-bond donors (Lipinski definition) is 1. The number of aryl methyl sites for hydroxylation is 1. The molecule has 1 saturated carbocycles. The summed E-state index contributed by atoms with van der Waals surface area (Å²) in [5, 5.41) is 1.08. The molecule has 4 heterocycles. The van der Waals surface area contributed by atoms with Crippen molar-refractivity contribution in [2.45, 2.75) is 68.5 Å². The van der Waals surface area contributed by atoms with Gasteiger partial charge in [0.2, 0.25) is 0 Å². The molecule has 1 atom stereocenters. The predicted octanol–water partition coefficient (Wildman–Crippen LogP) is 2.05. The zero-order valence-corrected chi connectivity index (χ0v) is 20.2. The topological polar surface area (TPSA) is 112 Å². The SMILES string of the molecule is Cc1ncc(Cn2c(=O)c3cc(S(=O)(=O)NC4(C)CC4)sc3n(CC3CCCO3)c2=O)s1. The maximum atomic E-state index is 13.4. The Hall–Kier alpha value is -1.86. The average Bonchev–Trinajstić information content (AvgIpc) is 3.20. The lowest BCUT2D eigenvalue weighted by Gasteiger charge is -2.15. The van der Waals surface area contributed by atoms with Gasteiger partial charge in [-0.15, -0.1) is 22.7 Å². The van der Waals surface area contributed by atoms with Gasteiger partial charge >= 0.3 is 5.69 Å². The standard InChI is InChI=1S/C20H24N4O5S3/c1-12-21-9-14(30-12)11-23-17(25)15-8-16(32(27,28)22-20(2)5-6-20)31-18(15)24(19(23)26)10-13-4-3-7-29-13/h8-9,13,22H,3-7,10-11H2,1-2H3. The molecule has 3 aromatic heterocycles. The third-order valence-corrected chi connectivity index (χ3v) is 10.1. The monoisotopic (exact) mass is 496 g/mol. The summed E-state index contributed by atoms with van der Waals surface area (Å²) in [6.07, 6.45) is 4.80. The predicted molar refractivity (Wildman–Crippen MR) is 123 cm³/mol. The van der Waals surface area contributed by atoms with Crippen LogP contribution in [0, 0.1) is 6.92 Å². The zero-order valence-electron chi connectivity index (χ0n) is 17.8. The summed E-state index contributed by atoms with van der Waals surface area (Å²) >= 11 is 2.38. The number of sulfonamides is 1. The molecule has 1 N–H and O–H groups in total. The molecular formula is C20H24N4O5S3. The van der Waals surface area contributed by atoms with E-state index in [-0.39, 0.29) is 28.8 Å². The summed E-state index contributed by atoms with van der Waals surface area (Å²) in [5.74, 6) is 0. The van der Waals surface area contributed by atoms with Crippen molar-refractivity contribution in [2.75, 3.05) is 6.61 Å². The number of fused-ring (bicyclic) bond motifs is 1. The van der Waals surface area contributed by atoms with E-state index >= 15 is 0 Å². The maximum Gasteiger partial charge on any atom is 0.332 e. The first-order valence-electron chi connectivity index (χ1n) is 10.5. The minimum absolute atomic E-state index is 0.0459. The van der Waals surface area contributed by atoms with Crippen LogP contribution < -0.4 is 16.0 Å². The highest BCUT2D eigenvalue weighted by atomic mass is 32.2. The first-order valence-corrected chi connectivity index (χ1v) is 13.6. The van der Waals surface area contributed by atoms with Gasteiger partial charge in [0.05, 0.1) is 29.6 Å². The number of thiazole rings is 1. The van der Waals surface area contributed by atoms with E-state index in [1.165, 1.54) is 26.5 Å². The van der Waals surface area contributed by atoms with Crippen molar-refractivity contribution in [3.05, 3.63) is 43.0 Å². The van der Waals surface area contributed by atoms with Crippen LogP contribution in [0.4, 0.5) is 0 Å².